The van der Waals surface area contributed by atoms with Crippen molar-refractivity contribution in [3.05, 3.63) is 23.5 Å². The first kappa shape index (κ1) is 13.9. The Kier molecular flexibility index (Phi) is 5.94. The molecule has 0 amide bonds. The Morgan fingerprint density at radius 3 is 2.88 bits per heavy atom. The second kappa shape index (κ2) is 7.25. The third-order valence-corrected chi connectivity index (χ3v) is 2.65. The number of nitrogens with zero attached hydrogens (tertiary/aromatic N) is 1. The minimum Gasteiger partial charge on any atom is -0.497 e. The highest BCUT2D eigenvalue weighted by molar-refractivity contribution is 5.26. The molecule has 17 heavy (non-hydrogen) atoms. The first-order chi connectivity index (χ1) is 8.15. The lowest BCUT2D eigenvalue weighted by Crippen LogP contribution is -2.20. The number of ether oxygens (including phenoxy) is 1. The average Bonchev–Trinajstić information content (AvgIpc) is 2.33. The summed E-state index contributed by atoms with van der Waals surface area (Å²) in [4.78, 5) is 4.41. The summed E-state index contributed by atoms with van der Waals surface area (Å²) in [6, 6.07) is 3.83. The van der Waals surface area contributed by atoms with E-state index < -0.39 is 0 Å². The van der Waals surface area contributed by atoms with E-state index in [1.54, 1.807) is 7.11 Å². The Balaban J connectivity index is 2.38. The molecule has 0 saturated carbocycles. The van der Waals surface area contributed by atoms with Crippen molar-refractivity contribution in [3.8, 4) is 5.75 Å². The molecule has 0 aromatic carbocycles. The molecule has 1 rings (SSSR count). The van der Waals surface area contributed by atoms with Gasteiger partial charge in [-0.3, -0.25) is 4.98 Å². The Labute approximate surface area is 103 Å². The van der Waals surface area contributed by atoms with Crippen LogP contribution in [0.5, 0.6) is 5.75 Å². The molecule has 2 N–H and O–H groups in total. The monoisotopic (exact) mass is 238 g/mol. The topological polar surface area (TPSA) is 54.4 Å². The van der Waals surface area contributed by atoms with Gasteiger partial charge in [0.05, 0.1) is 18.9 Å². The lowest BCUT2D eigenvalue weighted by Gasteiger charge is -2.09. The van der Waals surface area contributed by atoms with Crippen LogP contribution in [0.4, 0.5) is 0 Å². The van der Waals surface area contributed by atoms with Crippen molar-refractivity contribution < 1.29 is 9.84 Å². The normalized spacial score (nSPS) is 12.5. The van der Waals surface area contributed by atoms with Gasteiger partial charge in [0.2, 0.25) is 0 Å². The summed E-state index contributed by atoms with van der Waals surface area (Å²) in [5.41, 5.74) is 1.92. The maximum absolute atomic E-state index is 9.41. The van der Waals surface area contributed by atoms with E-state index in [-0.39, 0.29) is 6.10 Å². The zero-order valence-electron chi connectivity index (χ0n) is 10.9. The van der Waals surface area contributed by atoms with E-state index in [1.807, 2.05) is 26.0 Å². The van der Waals surface area contributed by atoms with Crippen molar-refractivity contribution in [1.29, 1.82) is 0 Å². The number of rotatable bonds is 7. The number of aromatic nitrogens is 1. The lowest BCUT2D eigenvalue weighted by atomic mass is 10.2. The zero-order valence-corrected chi connectivity index (χ0v) is 10.9. The molecule has 1 heterocycles. The van der Waals surface area contributed by atoms with Gasteiger partial charge >= 0.3 is 0 Å². The fourth-order valence-corrected chi connectivity index (χ4v) is 1.60. The molecule has 1 aromatic rings. The van der Waals surface area contributed by atoms with Gasteiger partial charge in [0.25, 0.3) is 0 Å². The maximum atomic E-state index is 9.41. The summed E-state index contributed by atoms with van der Waals surface area (Å²) < 4.78 is 5.19. The average molecular weight is 238 g/mol. The van der Waals surface area contributed by atoms with Crippen LogP contribution in [0, 0.1) is 6.92 Å². The summed E-state index contributed by atoms with van der Waals surface area (Å²) in [5, 5.41) is 12.7. The van der Waals surface area contributed by atoms with Crippen molar-refractivity contribution >= 4 is 0 Å². The predicted octanol–water partition coefficient (Wildman–Crippen LogP) is 1.65. The Hall–Kier alpha value is -1.13. The van der Waals surface area contributed by atoms with Crippen molar-refractivity contribution in [1.82, 2.24) is 10.3 Å². The highest BCUT2D eigenvalue weighted by Crippen LogP contribution is 2.12. The van der Waals surface area contributed by atoms with E-state index in [2.05, 4.69) is 10.3 Å². The minimum atomic E-state index is -0.206. The van der Waals surface area contributed by atoms with Crippen LogP contribution >= 0.6 is 0 Å². The number of methoxy groups -OCH3 is 1. The van der Waals surface area contributed by atoms with Crippen LogP contribution < -0.4 is 10.1 Å². The third kappa shape index (κ3) is 5.15. The number of nitrogens with one attached hydrogen (secondary N) is 1. The molecular weight excluding hydrogens is 216 g/mol. The molecular formula is C13H22N2O2. The summed E-state index contributed by atoms with van der Waals surface area (Å²) >= 11 is 0. The molecule has 1 aromatic heterocycles. The number of aryl methyl sites for hydroxylation is 1. The van der Waals surface area contributed by atoms with Gasteiger partial charge in [-0.15, -0.1) is 0 Å². The second-order valence-corrected chi connectivity index (χ2v) is 4.17. The molecule has 0 saturated heterocycles. The van der Waals surface area contributed by atoms with Crippen LogP contribution in [0.25, 0.3) is 0 Å². The molecule has 4 nitrogen and oxygen atoms in total. The summed E-state index contributed by atoms with van der Waals surface area (Å²) in [7, 11) is 1.66. The molecule has 0 aliphatic heterocycles. The molecule has 0 aliphatic rings. The van der Waals surface area contributed by atoms with Crippen LogP contribution in [-0.2, 0) is 6.54 Å². The van der Waals surface area contributed by atoms with Crippen LogP contribution in [0.3, 0.4) is 0 Å². The molecule has 1 unspecified atom stereocenters. The molecule has 0 aliphatic carbocycles. The van der Waals surface area contributed by atoms with Gasteiger partial charge in [-0.25, -0.2) is 0 Å². The Bertz CT molecular complexity index is 342. The van der Waals surface area contributed by atoms with Gasteiger partial charge in [-0.05, 0) is 26.3 Å². The van der Waals surface area contributed by atoms with Crippen LogP contribution in [0.1, 0.15) is 31.2 Å². The molecule has 0 radical (unpaired) electrons. The first-order valence-electron chi connectivity index (χ1n) is 6.06. The molecule has 0 bridgehead atoms. The number of hydrogen-bond donors (Lipinski definition) is 2. The quantitative estimate of drug-likeness (QED) is 0.709. The Morgan fingerprint density at radius 2 is 2.24 bits per heavy atom. The number of pyridine rings is 1. The van der Waals surface area contributed by atoms with Gasteiger partial charge in [-0.1, -0.05) is 6.92 Å². The molecule has 0 spiro atoms. The van der Waals surface area contributed by atoms with E-state index in [9.17, 15) is 5.11 Å². The first-order valence-corrected chi connectivity index (χ1v) is 6.06. The van der Waals surface area contributed by atoms with E-state index in [0.717, 1.165) is 36.5 Å². The standard InChI is InChI=1S/C13H22N2O2/c1-4-12(16)5-6-14-9-11-8-13(17-3)7-10(2)15-11/h7-8,12,14,16H,4-6,9H2,1-3H3. The highest BCUT2D eigenvalue weighted by atomic mass is 16.5. The van der Waals surface area contributed by atoms with E-state index >= 15 is 0 Å². The largest absolute Gasteiger partial charge is 0.497 e. The van der Waals surface area contributed by atoms with Crippen LogP contribution in [-0.4, -0.2) is 29.8 Å². The van der Waals surface area contributed by atoms with Gasteiger partial charge in [0, 0.05) is 24.4 Å². The van der Waals surface area contributed by atoms with Gasteiger partial charge in [0.15, 0.2) is 0 Å². The van der Waals surface area contributed by atoms with E-state index in [0.29, 0.717) is 6.54 Å². The minimum absolute atomic E-state index is 0.206. The summed E-state index contributed by atoms with van der Waals surface area (Å²) in [6.45, 7) is 5.44. The lowest BCUT2D eigenvalue weighted by molar-refractivity contribution is 0.159. The Morgan fingerprint density at radius 1 is 1.47 bits per heavy atom. The van der Waals surface area contributed by atoms with Crippen molar-refractivity contribution in [2.24, 2.45) is 0 Å². The number of aliphatic hydroxyl groups excluding tert-OH is 1. The fraction of sp³-hybridized carbons (Fsp3) is 0.615. The van der Waals surface area contributed by atoms with Gasteiger partial charge in [0.1, 0.15) is 5.75 Å². The fourth-order valence-electron chi connectivity index (χ4n) is 1.60. The second-order valence-electron chi connectivity index (χ2n) is 4.17. The zero-order chi connectivity index (χ0) is 12.7. The van der Waals surface area contributed by atoms with Gasteiger partial charge in [-0.2, -0.15) is 0 Å². The van der Waals surface area contributed by atoms with Crippen LogP contribution in [0.2, 0.25) is 0 Å². The smallest absolute Gasteiger partial charge is 0.122 e. The molecule has 1 atom stereocenters. The number of hydrogen-bond acceptors (Lipinski definition) is 4. The molecule has 0 fully saturated rings. The summed E-state index contributed by atoms with van der Waals surface area (Å²) in [6.07, 6.45) is 1.37. The number of aliphatic hydroxyl groups is 1. The molecule has 96 valence electrons. The van der Waals surface area contributed by atoms with Crippen molar-refractivity contribution in [2.75, 3.05) is 13.7 Å². The van der Waals surface area contributed by atoms with Crippen molar-refractivity contribution in [3.63, 3.8) is 0 Å². The highest BCUT2D eigenvalue weighted by Gasteiger charge is 2.02. The van der Waals surface area contributed by atoms with E-state index in [1.165, 1.54) is 0 Å². The predicted molar refractivity (Wildman–Crippen MR) is 68.1 cm³/mol. The maximum Gasteiger partial charge on any atom is 0.122 e. The SMILES string of the molecule is CCC(O)CCNCc1cc(OC)cc(C)n1. The summed E-state index contributed by atoms with van der Waals surface area (Å²) in [5.74, 6) is 0.836. The molecule has 4 heteroatoms. The van der Waals surface area contributed by atoms with Crippen molar-refractivity contribution in [2.45, 2.75) is 39.3 Å². The van der Waals surface area contributed by atoms with E-state index in [4.69, 9.17) is 4.74 Å². The van der Waals surface area contributed by atoms with Crippen LogP contribution in [0.15, 0.2) is 12.1 Å². The third-order valence-electron chi connectivity index (χ3n) is 2.65. The van der Waals surface area contributed by atoms with Gasteiger partial charge < -0.3 is 15.2 Å².